The number of aliphatic carboxylic acids is 1. The van der Waals surface area contributed by atoms with Crippen LogP contribution in [0.1, 0.15) is 36.0 Å². The molecule has 0 aliphatic heterocycles. The average molecular weight is 706 g/mol. The van der Waals surface area contributed by atoms with Gasteiger partial charge in [0.25, 0.3) is 0 Å². The van der Waals surface area contributed by atoms with Gasteiger partial charge in [-0.05, 0) is 58.5 Å². The number of fused-ring (bicyclic) bond motifs is 2. The first kappa shape index (κ1) is 37.1. The Morgan fingerprint density at radius 2 is 1.31 bits per heavy atom. The Balaban J connectivity index is 1.15. The van der Waals surface area contributed by atoms with E-state index in [1.54, 1.807) is 19.2 Å². The molecule has 0 bridgehead atoms. The number of aromatic amines is 1. The third-order valence-electron chi connectivity index (χ3n) is 8.76. The molecule has 5 aromatic rings. The SMILES string of the molecule is COc1ccc(CCNC(=O)[C@@H](CC(=O)O)NC(=O)CCC(=O)N[C@@H](Cc2c[nH]c3ccccc23)C(=O)NCCc2ccc3ccccc3c2)cc1. The molecule has 2 atom stereocenters. The Hall–Kier alpha value is -6.17. The van der Waals surface area contributed by atoms with Crippen molar-refractivity contribution in [2.75, 3.05) is 20.2 Å². The van der Waals surface area contributed by atoms with E-state index in [2.05, 4.69) is 32.3 Å². The molecular formula is C40H43N5O7. The zero-order valence-corrected chi connectivity index (χ0v) is 28.9. The summed E-state index contributed by atoms with van der Waals surface area (Å²) in [6, 6.07) is 26.9. The topological polar surface area (TPSA) is 179 Å². The molecule has 0 radical (unpaired) electrons. The maximum atomic E-state index is 13.5. The van der Waals surface area contributed by atoms with Crippen LogP contribution in [0.5, 0.6) is 5.75 Å². The van der Waals surface area contributed by atoms with Gasteiger partial charge in [0.15, 0.2) is 0 Å². The van der Waals surface area contributed by atoms with Crippen molar-refractivity contribution in [3.8, 4) is 5.75 Å². The lowest BCUT2D eigenvalue weighted by molar-refractivity contribution is -0.140. The monoisotopic (exact) mass is 705 g/mol. The van der Waals surface area contributed by atoms with Gasteiger partial charge in [0.1, 0.15) is 17.8 Å². The summed E-state index contributed by atoms with van der Waals surface area (Å²) < 4.78 is 5.14. The van der Waals surface area contributed by atoms with Crippen LogP contribution in [0.15, 0.2) is 97.2 Å². The molecule has 0 saturated heterocycles. The molecule has 4 amide bonds. The lowest BCUT2D eigenvalue weighted by Crippen LogP contribution is -2.49. The summed E-state index contributed by atoms with van der Waals surface area (Å²) in [5.41, 5.74) is 3.75. The van der Waals surface area contributed by atoms with Gasteiger partial charge in [-0.3, -0.25) is 24.0 Å². The number of aromatic nitrogens is 1. The van der Waals surface area contributed by atoms with Crippen LogP contribution in [-0.4, -0.2) is 72.0 Å². The number of hydrogen-bond acceptors (Lipinski definition) is 6. The molecule has 5 rings (SSSR count). The van der Waals surface area contributed by atoms with E-state index in [0.717, 1.165) is 38.4 Å². The van der Waals surface area contributed by atoms with Gasteiger partial charge in [-0.2, -0.15) is 0 Å². The maximum Gasteiger partial charge on any atom is 0.305 e. The van der Waals surface area contributed by atoms with Crippen molar-refractivity contribution >= 4 is 51.3 Å². The molecule has 0 aliphatic rings. The fraction of sp³-hybridized carbons (Fsp3) is 0.275. The number of ether oxygens (including phenoxy) is 1. The number of rotatable bonds is 18. The van der Waals surface area contributed by atoms with Crippen molar-refractivity contribution in [2.45, 2.75) is 50.6 Å². The Morgan fingerprint density at radius 3 is 2.00 bits per heavy atom. The molecule has 0 unspecified atom stereocenters. The number of carboxylic acid groups (broad SMARTS) is 1. The third kappa shape index (κ3) is 10.7. The number of methoxy groups -OCH3 is 1. The minimum Gasteiger partial charge on any atom is -0.497 e. The molecular weight excluding hydrogens is 662 g/mol. The van der Waals surface area contributed by atoms with Crippen LogP contribution in [-0.2, 0) is 43.2 Å². The van der Waals surface area contributed by atoms with Crippen molar-refractivity contribution in [3.63, 3.8) is 0 Å². The fourth-order valence-electron chi connectivity index (χ4n) is 5.97. The van der Waals surface area contributed by atoms with Crippen molar-refractivity contribution in [1.82, 2.24) is 26.3 Å². The summed E-state index contributed by atoms with van der Waals surface area (Å²) in [6.07, 6.45) is 1.88. The van der Waals surface area contributed by atoms with Crippen molar-refractivity contribution in [2.24, 2.45) is 0 Å². The maximum absolute atomic E-state index is 13.5. The minimum absolute atomic E-state index is 0.209. The fourth-order valence-corrected chi connectivity index (χ4v) is 5.97. The first-order valence-electron chi connectivity index (χ1n) is 17.2. The Kier molecular flexibility index (Phi) is 13.0. The standard InChI is InChI=1S/C40H43N5O7/c1-52-31-14-11-26(12-15-31)18-20-41-40(51)35(24-38(48)49)45-37(47)17-16-36(46)44-34(23-30-25-43-33-9-5-4-8-32(30)33)39(50)42-21-19-27-10-13-28-6-2-3-7-29(28)22-27/h2-15,22,25,34-35,43H,16-21,23-24H2,1H3,(H,41,51)(H,42,50)(H,44,46)(H,45,47)(H,48,49)/t34-,35+/m0/s1. The number of carbonyl (C=O) groups is 5. The van der Waals surface area contributed by atoms with Gasteiger partial charge in [0.05, 0.1) is 13.5 Å². The van der Waals surface area contributed by atoms with Crippen LogP contribution in [0.25, 0.3) is 21.7 Å². The smallest absolute Gasteiger partial charge is 0.305 e. The second-order valence-corrected chi connectivity index (χ2v) is 12.5. The zero-order chi connectivity index (χ0) is 36.9. The van der Waals surface area contributed by atoms with Crippen LogP contribution in [0.2, 0.25) is 0 Å². The molecule has 0 fully saturated rings. The van der Waals surface area contributed by atoms with Crippen LogP contribution >= 0.6 is 0 Å². The number of amides is 4. The molecule has 1 heterocycles. The summed E-state index contributed by atoms with van der Waals surface area (Å²) in [6.45, 7) is 0.578. The normalized spacial score (nSPS) is 12.1. The molecule has 4 aromatic carbocycles. The van der Waals surface area contributed by atoms with Crippen LogP contribution in [0.3, 0.4) is 0 Å². The van der Waals surface area contributed by atoms with E-state index in [4.69, 9.17) is 4.74 Å². The van der Waals surface area contributed by atoms with Crippen molar-refractivity contribution in [3.05, 3.63) is 114 Å². The van der Waals surface area contributed by atoms with Gasteiger partial charge in [0.2, 0.25) is 23.6 Å². The Labute approximate surface area is 301 Å². The molecule has 52 heavy (non-hydrogen) atoms. The van der Waals surface area contributed by atoms with Gasteiger partial charge >= 0.3 is 5.97 Å². The summed E-state index contributed by atoms with van der Waals surface area (Å²) >= 11 is 0. The van der Waals surface area contributed by atoms with E-state index >= 15 is 0 Å². The number of carbonyl (C=O) groups excluding carboxylic acids is 4. The van der Waals surface area contributed by atoms with Gasteiger partial charge in [-0.25, -0.2) is 0 Å². The molecule has 270 valence electrons. The largest absolute Gasteiger partial charge is 0.497 e. The van der Waals surface area contributed by atoms with Gasteiger partial charge < -0.3 is 36.1 Å². The first-order valence-corrected chi connectivity index (χ1v) is 17.2. The minimum atomic E-state index is -1.33. The predicted molar refractivity (Wildman–Crippen MR) is 198 cm³/mol. The van der Waals surface area contributed by atoms with E-state index in [1.807, 2.05) is 79.0 Å². The van der Waals surface area contributed by atoms with Gasteiger partial charge in [-0.15, -0.1) is 0 Å². The molecule has 12 heteroatoms. The summed E-state index contributed by atoms with van der Waals surface area (Å²) in [5.74, 6) is -2.78. The van der Waals surface area contributed by atoms with Crippen LogP contribution < -0.4 is 26.0 Å². The predicted octanol–water partition coefficient (Wildman–Crippen LogP) is 3.81. The Morgan fingerprint density at radius 1 is 0.712 bits per heavy atom. The van der Waals surface area contributed by atoms with Gasteiger partial charge in [-0.1, -0.05) is 72.8 Å². The number of benzene rings is 4. The molecule has 0 spiro atoms. The van der Waals surface area contributed by atoms with E-state index in [9.17, 15) is 29.1 Å². The van der Waals surface area contributed by atoms with E-state index in [1.165, 1.54) is 0 Å². The van der Waals surface area contributed by atoms with Crippen LogP contribution in [0.4, 0.5) is 0 Å². The van der Waals surface area contributed by atoms with E-state index in [0.29, 0.717) is 25.1 Å². The summed E-state index contributed by atoms with van der Waals surface area (Å²) in [4.78, 5) is 66.9. The molecule has 0 saturated carbocycles. The molecule has 0 aliphatic carbocycles. The highest BCUT2D eigenvalue weighted by molar-refractivity contribution is 5.93. The number of hydrogen-bond donors (Lipinski definition) is 6. The summed E-state index contributed by atoms with van der Waals surface area (Å²) in [5, 5.41) is 23.4. The Bertz CT molecular complexity index is 2020. The number of nitrogens with one attached hydrogen (secondary N) is 5. The molecule has 1 aromatic heterocycles. The highest BCUT2D eigenvalue weighted by Crippen LogP contribution is 2.20. The van der Waals surface area contributed by atoms with Crippen LogP contribution in [0, 0.1) is 0 Å². The van der Waals surface area contributed by atoms with Crippen molar-refractivity contribution in [1.29, 1.82) is 0 Å². The number of H-pyrrole nitrogens is 1. The lowest BCUT2D eigenvalue weighted by atomic mass is 10.0. The van der Waals surface area contributed by atoms with E-state index < -0.39 is 42.2 Å². The average Bonchev–Trinajstić information content (AvgIpc) is 3.56. The number of para-hydroxylation sites is 1. The first-order chi connectivity index (χ1) is 25.2. The van der Waals surface area contributed by atoms with Crippen molar-refractivity contribution < 1.29 is 33.8 Å². The lowest BCUT2D eigenvalue weighted by Gasteiger charge is -2.19. The highest BCUT2D eigenvalue weighted by atomic mass is 16.5. The number of carboxylic acids is 1. The van der Waals surface area contributed by atoms with E-state index in [-0.39, 0.29) is 31.7 Å². The quantitative estimate of drug-likeness (QED) is 0.0803. The highest BCUT2D eigenvalue weighted by Gasteiger charge is 2.25. The molecule has 12 nitrogen and oxygen atoms in total. The second kappa shape index (κ2) is 18.2. The van der Waals surface area contributed by atoms with Gasteiger partial charge in [0, 0.05) is 49.5 Å². The third-order valence-corrected chi connectivity index (χ3v) is 8.76. The molecule has 6 N–H and O–H groups in total. The zero-order valence-electron chi connectivity index (χ0n) is 28.9. The summed E-state index contributed by atoms with van der Waals surface area (Å²) in [7, 11) is 1.57. The second-order valence-electron chi connectivity index (χ2n) is 12.5.